The highest BCUT2D eigenvalue weighted by atomic mass is 16.6. The van der Waals surface area contributed by atoms with Gasteiger partial charge in [-0.2, -0.15) is 0 Å². The first-order valence-corrected chi connectivity index (χ1v) is 8.37. The monoisotopic (exact) mass is 361 g/mol. The van der Waals surface area contributed by atoms with Crippen LogP contribution in [0.15, 0.2) is 30.3 Å². The summed E-state index contributed by atoms with van der Waals surface area (Å²) in [6.07, 6.45) is 0. The van der Waals surface area contributed by atoms with Crippen molar-refractivity contribution < 1.29 is 28.7 Å². The molecule has 140 valence electrons. The molecule has 2 rings (SSSR count). The van der Waals surface area contributed by atoms with E-state index in [2.05, 4.69) is 0 Å². The lowest BCUT2D eigenvalue weighted by Gasteiger charge is -2.40. The lowest BCUT2D eigenvalue weighted by molar-refractivity contribution is -0.175. The summed E-state index contributed by atoms with van der Waals surface area (Å²) in [5.74, 6) is -3.59. The number of hydrogen-bond acceptors (Lipinski definition) is 6. The summed E-state index contributed by atoms with van der Waals surface area (Å²) in [6, 6.07) is 8.11. The molecular formula is C19H23NO6. The number of Topliss-reactive ketones (excluding diaryl/α,β-unsaturated/α-hetero) is 1. The second-order valence-corrected chi connectivity index (χ2v) is 7.21. The molecule has 7 heteroatoms. The number of ketones is 1. The number of nitrogens with zero attached hydrogens (tertiary/aromatic N) is 1. The molecule has 0 bridgehead atoms. The summed E-state index contributed by atoms with van der Waals surface area (Å²) in [5, 5.41) is 0. The van der Waals surface area contributed by atoms with Crippen LogP contribution in [0.1, 0.15) is 33.3 Å². The third-order valence-electron chi connectivity index (χ3n) is 3.86. The summed E-state index contributed by atoms with van der Waals surface area (Å²) < 4.78 is 10.4. The molecule has 0 aromatic heterocycles. The lowest BCUT2D eigenvalue weighted by atomic mass is 9.88. The van der Waals surface area contributed by atoms with Crippen molar-refractivity contribution in [3.63, 3.8) is 0 Å². The molecule has 0 saturated carbocycles. The lowest BCUT2D eigenvalue weighted by Crippen LogP contribution is -2.66. The van der Waals surface area contributed by atoms with Crippen LogP contribution in [0, 0.1) is 5.92 Å². The molecule has 1 aromatic rings. The van der Waals surface area contributed by atoms with Gasteiger partial charge in [0.15, 0.2) is 0 Å². The second-order valence-electron chi connectivity index (χ2n) is 7.21. The smallest absolute Gasteiger partial charge is 0.326 e. The predicted octanol–water partition coefficient (Wildman–Crippen LogP) is 1.49. The van der Waals surface area contributed by atoms with Gasteiger partial charge < -0.3 is 14.4 Å². The Hall–Kier alpha value is -2.70. The highest BCUT2D eigenvalue weighted by Crippen LogP contribution is 2.25. The molecule has 0 radical (unpaired) electrons. The van der Waals surface area contributed by atoms with Crippen LogP contribution < -0.4 is 0 Å². The third-order valence-corrected chi connectivity index (χ3v) is 3.86. The van der Waals surface area contributed by atoms with Crippen molar-refractivity contribution in [3.8, 4) is 0 Å². The number of esters is 2. The Bertz CT molecular complexity index is 706. The topological polar surface area (TPSA) is 90.0 Å². The molecule has 1 heterocycles. The van der Waals surface area contributed by atoms with Gasteiger partial charge in [-0.05, 0) is 33.3 Å². The Labute approximate surface area is 152 Å². The van der Waals surface area contributed by atoms with E-state index < -0.39 is 41.2 Å². The Kier molecular flexibility index (Phi) is 5.79. The minimum atomic E-state index is -1.00. The summed E-state index contributed by atoms with van der Waals surface area (Å²) in [7, 11) is 0. The molecule has 1 aliphatic heterocycles. The Balaban J connectivity index is 1.95. The van der Waals surface area contributed by atoms with E-state index >= 15 is 0 Å². The fourth-order valence-electron chi connectivity index (χ4n) is 2.64. The number of likely N-dealkylation sites (tertiary alicyclic amines) is 1. The molecular weight excluding hydrogens is 338 g/mol. The maximum Gasteiger partial charge on any atom is 0.326 e. The van der Waals surface area contributed by atoms with Crippen LogP contribution >= 0.6 is 0 Å². The van der Waals surface area contributed by atoms with E-state index in [1.54, 1.807) is 20.8 Å². The number of benzene rings is 1. The van der Waals surface area contributed by atoms with E-state index in [-0.39, 0.29) is 13.2 Å². The fourth-order valence-corrected chi connectivity index (χ4v) is 2.64. The molecule has 0 N–H and O–H groups in total. The first-order chi connectivity index (χ1) is 12.1. The third kappa shape index (κ3) is 4.68. The van der Waals surface area contributed by atoms with E-state index in [4.69, 9.17) is 9.47 Å². The second kappa shape index (κ2) is 7.68. The SMILES string of the molecule is C[C@@H](C(=O)OCc1ccccc1)[C@@H]1C(=O)C(=O)N1CC(=O)OC(C)(C)C. The molecule has 0 unspecified atom stereocenters. The van der Waals surface area contributed by atoms with Crippen LogP contribution in [0.4, 0.5) is 0 Å². The quantitative estimate of drug-likeness (QED) is 0.433. The first kappa shape index (κ1) is 19.6. The van der Waals surface area contributed by atoms with Gasteiger partial charge in [-0.25, -0.2) is 0 Å². The number of ether oxygens (including phenoxy) is 2. The zero-order valence-corrected chi connectivity index (χ0v) is 15.4. The first-order valence-electron chi connectivity index (χ1n) is 8.37. The summed E-state index contributed by atoms with van der Waals surface area (Å²) in [6.45, 7) is 6.32. The Morgan fingerprint density at radius 3 is 2.35 bits per heavy atom. The van der Waals surface area contributed by atoms with Crippen LogP contribution in [0.2, 0.25) is 0 Å². The van der Waals surface area contributed by atoms with Crippen molar-refractivity contribution in [3.05, 3.63) is 35.9 Å². The standard InChI is InChI=1S/C19H23NO6/c1-12(18(24)25-11-13-8-6-5-7-9-13)15-16(22)17(23)20(15)10-14(21)26-19(2,3)4/h5-9,12,15H,10-11H2,1-4H3/t12-,15-/m1/s1. The van der Waals surface area contributed by atoms with E-state index in [9.17, 15) is 19.2 Å². The summed E-state index contributed by atoms with van der Waals surface area (Å²) in [4.78, 5) is 48.9. The molecule has 1 aromatic carbocycles. The summed E-state index contributed by atoms with van der Waals surface area (Å²) in [5.41, 5.74) is 0.111. The molecule has 1 aliphatic rings. The number of β-lactam (4-membered cyclic amide) rings is 1. The minimum absolute atomic E-state index is 0.0743. The highest BCUT2D eigenvalue weighted by Gasteiger charge is 2.52. The maximum atomic E-state index is 12.2. The average Bonchev–Trinajstić information content (AvgIpc) is 2.57. The van der Waals surface area contributed by atoms with Crippen LogP contribution in [0.5, 0.6) is 0 Å². The molecule has 2 atom stereocenters. The number of amides is 1. The van der Waals surface area contributed by atoms with E-state index in [0.717, 1.165) is 10.5 Å². The van der Waals surface area contributed by atoms with Crippen molar-refractivity contribution >= 4 is 23.6 Å². The predicted molar refractivity (Wildman–Crippen MR) is 91.8 cm³/mol. The molecule has 0 aliphatic carbocycles. The molecule has 26 heavy (non-hydrogen) atoms. The largest absolute Gasteiger partial charge is 0.461 e. The number of hydrogen-bond donors (Lipinski definition) is 0. The maximum absolute atomic E-state index is 12.2. The number of rotatable bonds is 6. The van der Waals surface area contributed by atoms with Crippen molar-refractivity contribution in [2.45, 2.75) is 45.9 Å². The van der Waals surface area contributed by atoms with E-state index in [1.807, 2.05) is 30.3 Å². The van der Waals surface area contributed by atoms with Gasteiger partial charge in [-0.3, -0.25) is 19.2 Å². The fraction of sp³-hybridized carbons (Fsp3) is 0.474. The van der Waals surface area contributed by atoms with Gasteiger partial charge in [0.25, 0.3) is 5.91 Å². The zero-order valence-electron chi connectivity index (χ0n) is 15.4. The Morgan fingerprint density at radius 2 is 1.77 bits per heavy atom. The molecule has 1 amide bonds. The molecule has 1 saturated heterocycles. The molecule has 0 spiro atoms. The highest BCUT2D eigenvalue weighted by molar-refractivity contribution is 6.45. The van der Waals surface area contributed by atoms with Crippen molar-refractivity contribution in [1.29, 1.82) is 0 Å². The van der Waals surface area contributed by atoms with Crippen LogP contribution in [0.25, 0.3) is 0 Å². The van der Waals surface area contributed by atoms with Gasteiger partial charge in [0.2, 0.25) is 5.78 Å². The van der Waals surface area contributed by atoms with Crippen molar-refractivity contribution in [2.75, 3.05) is 6.54 Å². The number of carbonyl (C=O) groups is 4. The van der Waals surface area contributed by atoms with Crippen LogP contribution in [0.3, 0.4) is 0 Å². The van der Waals surface area contributed by atoms with Crippen molar-refractivity contribution in [1.82, 2.24) is 4.90 Å². The van der Waals surface area contributed by atoms with Gasteiger partial charge in [-0.1, -0.05) is 30.3 Å². The van der Waals surface area contributed by atoms with E-state index in [0.29, 0.717) is 0 Å². The molecule has 7 nitrogen and oxygen atoms in total. The van der Waals surface area contributed by atoms with Gasteiger partial charge in [-0.15, -0.1) is 0 Å². The van der Waals surface area contributed by atoms with Gasteiger partial charge in [0.05, 0.1) is 5.92 Å². The van der Waals surface area contributed by atoms with Crippen molar-refractivity contribution in [2.24, 2.45) is 5.92 Å². The minimum Gasteiger partial charge on any atom is -0.461 e. The molecule has 1 fully saturated rings. The Morgan fingerprint density at radius 1 is 1.15 bits per heavy atom. The van der Waals surface area contributed by atoms with Gasteiger partial charge >= 0.3 is 11.9 Å². The van der Waals surface area contributed by atoms with Crippen LogP contribution in [-0.4, -0.2) is 46.7 Å². The van der Waals surface area contributed by atoms with Gasteiger partial charge in [0.1, 0.15) is 24.8 Å². The van der Waals surface area contributed by atoms with Crippen LogP contribution in [-0.2, 0) is 35.3 Å². The zero-order chi connectivity index (χ0) is 19.5. The number of carbonyl (C=O) groups excluding carboxylic acids is 4. The van der Waals surface area contributed by atoms with Gasteiger partial charge in [0, 0.05) is 0 Å². The average molecular weight is 361 g/mol. The summed E-state index contributed by atoms with van der Waals surface area (Å²) >= 11 is 0. The normalized spacial score (nSPS) is 18.2. The van der Waals surface area contributed by atoms with E-state index in [1.165, 1.54) is 6.92 Å².